The van der Waals surface area contributed by atoms with E-state index in [-0.39, 0.29) is 17.1 Å². The van der Waals surface area contributed by atoms with Crippen molar-refractivity contribution in [1.82, 2.24) is 9.55 Å². The summed E-state index contributed by atoms with van der Waals surface area (Å²) in [6.45, 7) is 5.60. The molecule has 2 N–H and O–H groups in total. The first-order valence-corrected chi connectivity index (χ1v) is 6.05. The van der Waals surface area contributed by atoms with Gasteiger partial charge in [0.15, 0.2) is 0 Å². The van der Waals surface area contributed by atoms with Crippen LogP contribution in [0.25, 0.3) is 11.3 Å². The average molecular weight is 299 g/mol. The predicted octanol–water partition coefficient (Wildman–Crippen LogP) is 3.78. The molecule has 0 amide bonds. The van der Waals surface area contributed by atoms with E-state index in [0.717, 1.165) is 12.1 Å². The second-order valence-corrected chi connectivity index (χ2v) is 4.52. The van der Waals surface area contributed by atoms with Crippen LogP contribution in [0.5, 0.6) is 0 Å². The van der Waals surface area contributed by atoms with Gasteiger partial charge in [0.25, 0.3) is 0 Å². The molecule has 0 aliphatic heterocycles. The number of rotatable bonds is 3. The molecule has 2 rings (SSSR count). The zero-order valence-electron chi connectivity index (χ0n) is 11.2. The lowest BCUT2D eigenvalue weighted by molar-refractivity contribution is -0.137. The summed E-state index contributed by atoms with van der Waals surface area (Å²) < 4.78 is 53.2. The van der Waals surface area contributed by atoms with E-state index in [1.165, 1.54) is 0 Å². The monoisotopic (exact) mass is 299 g/mol. The summed E-state index contributed by atoms with van der Waals surface area (Å²) >= 11 is 0. The zero-order valence-corrected chi connectivity index (χ0v) is 11.2. The van der Waals surface area contributed by atoms with E-state index in [0.29, 0.717) is 18.4 Å². The van der Waals surface area contributed by atoms with Crippen LogP contribution in [0, 0.1) is 12.7 Å². The number of nitrogens with two attached hydrogens (primary N) is 1. The van der Waals surface area contributed by atoms with Crippen molar-refractivity contribution in [3.63, 3.8) is 0 Å². The van der Waals surface area contributed by atoms with Crippen LogP contribution in [0.2, 0.25) is 0 Å². The maximum absolute atomic E-state index is 13.4. The normalized spacial score (nSPS) is 11.7. The third kappa shape index (κ3) is 2.91. The molecule has 1 heterocycles. The second-order valence-electron chi connectivity index (χ2n) is 4.52. The van der Waals surface area contributed by atoms with E-state index in [1.807, 2.05) is 0 Å². The number of alkyl halides is 3. The number of nitrogen functional groups attached to an aromatic ring is 1. The Kier molecular flexibility index (Phi) is 3.76. The van der Waals surface area contributed by atoms with Crippen molar-refractivity contribution in [2.24, 2.45) is 0 Å². The lowest BCUT2D eigenvalue weighted by atomic mass is 10.1. The number of nitrogens with zero attached hydrogens (tertiary/aromatic N) is 2. The Labute approximate surface area is 118 Å². The Morgan fingerprint density at radius 2 is 2.00 bits per heavy atom. The van der Waals surface area contributed by atoms with Crippen molar-refractivity contribution < 1.29 is 17.6 Å². The van der Waals surface area contributed by atoms with Gasteiger partial charge in [-0.15, -0.1) is 6.58 Å². The molecule has 2 aromatic rings. The van der Waals surface area contributed by atoms with Crippen molar-refractivity contribution >= 4 is 5.82 Å². The number of benzene rings is 1. The predicted molar refractivity (Wildman–Crippen MR) is 72.0 cm³/mol. The summed E-state index contributed by atoms with van der Waals surface area (Å²) in [5.41, 5.74) is 4.92. The van der Waals surface area contributed by atoms with Crippen LogP contribution >= 0.6 is 0 Å². The Bertz CT molecular complexity index is 686. The molecule has 0 fully saturated rings. The van der Waals surface area contributed by atoms with Crippen LogP contribution in [0.15, 0.2) is 30.9 Å². The van der Waals surface area contributed by atoms with E-state index in [9.17, 15) is 17.6 Å². The first kappa shape index (κ1) is 15.1. The van der Waals surface area contributed by atoms with E-state index >= 15 is 0 Å². The standard InChI is InChI=1S/C14H13F4N3/c1-3-4-21-8(2)20-12(13(21)19)9-5-10(14(16,17)18)7-11(15)6-9/h3,5-7H,1,4,19H2,2H3. The fourth-order valence-corrected chi connectivity index (χ4v) is 2.04. The molecule has 1 aromatic carbocycles. The maximum atomic E-state index is 13.4. The van der Waals surface area contributed by atoms with Crippen LogP contribution < -0.4 is 5.73 Å². The van der Waals surface area contributed by atoms with Crippen molar-refractivity contribution in [1.29, 1.82) is 0 Å². The molecule has 0 atom stereocenters. The van der Waals surface area contributed by atoms with Gasteiger partial charge in [-0.1, -0.05) is 6.08 Å². The lowest BCUT2D eigenvalue weighted by Crippen LogP contribution is -2.06. The molecule has 0 spiro atoms. The summed E-state index contributed by atoms with van der Waals surface area (Å²) in [5, 5.41) is 0. The van der Waals surface area contributed by atoms with Crippen LogP contribution in [0.3, 0.4) is 0 Å². The van der Waals surface area contributed by atoms with Crippen LogP contribution in [0.4, 0.5) is 23.4 Å². The number of imidazole rings is 1. The number of aromatic nitrogens is 2. The molecule has 0 aliphatic carbocycles. The average Bonchev–Trinajstić information content (AvgIpc) is 2.65. The molecule has 0 unspecified atom stereocenters. The van der Waals surface area contributed by atoms with E-state index in [1.54, 1.807) is 17.6 Å². The smallest absolute Gasteiger partial charge is 0.383 e. The first-order valence-electron chi connectivity index (χ1n) is 6.05. The fourth-order valence-electron chi connectivity index (χ4n) is 2.04. The molecule has 0 saturated heterocycles. The Balaban J connectivity index is 2.60. The molecular formula is C14H13F4N3. The van der Waals surface area contributed by atoms with Crippen LogP contribution in [-0.4, -0.2) is 9.55 Å². The van der Waals surface area contributed by atoms with Gasteiger partial charge in [0.2, 0.25) is 0 Å². The van der Waals surface area contributed by atoms with Gasteiger partial charge < -0.3 is 10.3 Å². The quantitative estimate of drug-likeness (QED) is 0.692. The van der Waals surface area contributed by atoms with E-state index in [2.05, 4.69) is 11.6 Å². The number of hydrogen-bond donors (Lipinski definition) is 1. The summed E-state index contributed by atoms with van der Waals surface area (Å²) in [6.07, 6.45) is -3.05. The third-order valence-electron chi connectivity index (χ3n) is 3.01. The number of allylic oxidation sites excluding steroid dienone is 1. The highest BCUT2D eigenvalue weighted by Crippen LogP contribution is 2.34. The maximum Gasteiger partial charge on any atom is 0.416 e. The fraction of sp³-hybridized carbons (Fsp3) is 0.214. The topological polar surface area (TPSA) is 43.8 Å². The highest BCUT2D eigenvalue weighted by atomic mass is 19.4. The number of hydrogen-bond acceptors (Lipinski definition) is 2. The molecule has 3 nitrogen and oxygen atoms in total. The summed E-state index contributed by atoms with van der Waals surface area (Å²) in [4.78, 5) is 4.12. The molecule has 0 saturated carbocycles. The Morgan fingerprint density at radius 1 is 1.33 bits per heavy atom. The molecule has 1 aromatic heterocycles. The van der Waals surface area contributed by atoms with E-state index < -0.39 is 17.6 Å². The summed E-state index contributed by atoms with van der Waals surface area (Å²) in [6, 6.07) is 2.25. The minimum absolute atomic E-state index is 0.00858. The minimum Gasteiger partial charge on any atom is -0.383 e. The van der Waals surface area contributed by atoms with Gasteiger partial charge in [-0.2, -0.15) is 13.2 Å². The number of anilines is 1. The molecule has 0 radical (unpaired) electrons. The number of halogens is 4. The molecule has 112 valence electrons. The van der Waals surface area contributed by atoms with E-state index in [4.69, 9.17) is 5.73 Å². The van der Waals surface area contributed by atoms with Gasteiger partial charge in [-0.25, -0.2) is 9.37 Å². The first-order chi connectivity index (χ1) is 9.74. The largest absolute Gasteiger partial charge is 0.416 e. The molecular weight excluding hydrogens is 286 g/mol. The Morgan fingerprint density at radius 3 is 2.57 bits per heavy atom. The van der Waals surface area contributed by atoms with Gasteiger partial charge in [0.1, 0.15) is 23.2 Å². The summed E-state index contributed by atoms with van der Waals surface area (Å²) in [5.74, 6) is -0.304. The summed E-state index contributed by atoms with van der Waals surface area (Å²) in [7, 11) is 0. The highest BCUT2D eigenvalue weighted by molar-refractivity contribution is 5.71. The van der Waals surface area contributed by atoms with Crippen molar-refractivity contribution in [2.75, 3.05) is 5.73 Å². The van der Waals surface area contributed by atoms with Gasteiger partial charge in [0.05, 0.1) is 5.56 Å². The van der Waals surface area contributed by atoms with Crippen LogP contribution in [-0.2, 0) is 12.7 Å². The third-order valence-corrected chi connectivity index (χ3v) is 3.01. The van der Waals surface area contributed by atoms with Crippen molar-refractivity contribution in [3.05, 3.63) is 48.1 Å². The van der Waals surface area contributed by atoms with Crippen LogP contribution in [0.1, 0.15) is 11.4 Å². The molecule has 7 heteroatoms. The second kappa shape index (κ2) is 5.23. The van der Waals surface area contributed by atoms with Crippen molar-refractivity contribution in [2.45, 2.75) is 19.6 Å². The number of aryl methyl sites for hydroxylation is 1. The molecule has 21 heavy (non-hydrogen) atoms. The highest BCUT2D eigenvalue weighted by Gasteiger charge is 2.32. The van der Waals surface area contributed by atoms with Gasteiger partial charge in [0, 0.05) is 12.1 Å². The zero-order chi connectivity index (χ0) is 15.8. The Hall–Kier alpha value is -2.31. The van der Waals surface area contributed by atoms with Crippen molar-refractivity contribution in [3.8, 4) is 11.3 Å². The minimum atomic E-state index is -4.63. The van der Waals surface area contributed by atoms with Gasteiger partial charge in [-0.05, 0) is 25.1 Å². The van der Waals surface area contributed by atoms with Gasteiger partial charge in [-0.3, -0.25) is 0 Å². The SMILES string of the molecule is C=CCn1c(C)nc(-c2cc(F)cc(C(F)(F)F)c2)c1N. The molecule has 0 bridgehead atoms. The van der Waals surface area contributed by atoms with Gasteiger partial charge >= 0.3 is 6.18 Å². The molecule has 0 aliphatic rings. The lowest BCUT2D eigenvalue weighted by Gasteiger charge is -2.09.